The van der Waals surface area contributed by atoms with Gasteiger partial charge in [0.25, 0.3) is 0 Å². The molecule has 17 heavy (non-hydrogen) atoms. The quantitative estimate of drug-likeness (QED) is 0.783. The van der Waals surface area contributed by atoms with E-state index in [1.54, 1.807) is 0 Å². The minimum atomic E-state index is -3.09. The van der Waals surface area contributed by atoms with Crippen molar-refractivity contribution >= 4 is 26.0 Å². The molecular weight excluding hydrogens is 304 g/mol. The molecule has 1 aromatic carbocycles. The van der Waals surface area contributed by atoms with Gasteiger partial charge < -0.3 is 5.32 Å². The first-order chi connectivity index (χ1) is 7.88. The van der Waals surface area contributed by atoms with Crippen molar-refractivity contribution in [2.24, 2.45) is 0 Å². The average molecular weight is 321 g/mol. The molecule has 0 aliphatic rings. The number of hydrogen-bond donors (Lipinski definition) is 2. The van der Waals surface area contributed by atoms with E-state index in [0.717, 1.165) is 10.7 Å². The van der Waals surface area contributed by atoms with Gasteiger partial charge in [-0.3, -0.25) is 0 Å². The van der Waals surface area contributed by atoms with E-state index in [1.165, 1.54) is 5.56 Å². The second-order valence-corrected chi connectivity index (χ2v) is 6.65. The Morgan fingerprint density at radius 1 is 1.35 bits per heavy atom. The highest BCUT2D eigenvalue weighted by Crippen LogP contribution is 2.17. The smallest absolute Gasteiger partial charge is 0.208 e. The maximum atomic E-state index is 10.8. The average Bonchev–Trinajstić information content (AvgIpc) is 2.23. The fourth-order valence-corrected chi connectivity index (χ4v) is 2.31. The molecule has 1 aromatic rings. The molecule has 0 saturated heterocycles. The Morgan fingerprint density at radius 2 is 2.06 bits per heavy atom. The van der Waals surface area contributed by atoms with E-state index in [1.807, 2.05) is 31.2 Å². The van der Waals surface area contributed by atoms with Crippen molar-refractivity contribution in [2.45, 2.75) is 13.0 Å². The van der Waals surface area contributed by atoms with Crippen LogP contribution in [0, 0.1) is 0 Å². The molecule has 0 aromatic heterocycles. The van der Waals surface area contributed by atoms with Gasteiger partial charge in [-0.15, -0.1) is 0 Å². The second kappa shape index (κ2) is 6.49. The Kier molecular flexibility index (Phi) is 5.58. The molecule has 0 spiro atoms. The molecular formula is C11H17BrN2O2S. The maximum Gasteiger partial charge on any atom is 0.208 e. The summed E-state index contributed by atoms with van der Waals surface area (Å²) in [5.74, 6) is 0. The molecule has 0 radical (unpaired) electrons. The maximum absolute atomic E-state index is 10.8. The van der Waals surface area contributed by atoms with Crippen LogP contribution in [0.4, 0.5) is 0 Å². The zero-order valence-corrected chi connectivity index (χ0v) is 12.3. The van der Waals surface area contributed by atoms with Gasteiger partial charge >= 0.3 is 0 Å². The van der Waals surface area contributed by atoms with Gasteiger partial charge in [0.15, 0.2) is 0 Å². The van der Waals surface area contributed by atoms with E-state index in [9.17, 15) is 8.42 Å². The van der Waals surface area contributed by atoms with Crippen LogP contribution in [0.25, 0.3) is 0 Å². The number of rotatable bonds is 6. The van der Waals surface area contributed by atoms with Gasteiger partial charge in [-0.05, 0) is 24.6 Å². The zero-order chi connectivity index (χ0) is 12.9. The van der Waals surface area contributed by atoms with E-state index >= 15 is 0 Å². The van der Waals surface area contributed by atoms with Crippen LogP contribution in [0.2, 0.25) is 0 Å². The van der Waals surface area contributed by atoms with Gasteiger partial charge in [-0.2, -0.15) is 0 Å². The van der Waals surface area contributed by atoms with Gasteiger partial charge in [-0.1, -0.05) is 28.1 Å². The second-order valence-electron chi connectivity index (χ2n) is 3.90. The predicted molar refractivity (Wildman–Crippen MR) is 73.4 cm³/mol. The fraction of sp³-hybridized carbons (Fsp3) is 0.455. The van der Waals surface area contributed by atoms with Crippen LogP contribution < -0.4 is 10.0 Å². The lowest BCUT2D eigenvalue weighted by atomic mass is 10.1. The number of hydrogen-bond acceptors (Lipinski definition) is 3. The monoisotopic (exact) mass is 320 g/mol. The summed E-state index contributed by atoms with van der Waals surface area (Å²) in [5.41, 5.74) is 1.17. The zero-order valence-electron chi connectivity index (χ0n) is 9.90. The third kappa shape index (κ3) is 6.16. The first-order valence-corrected chi connectivity index (χ1v) is 8.00. The summed E-state index contributed by atoms with van der Waals surface area (Å²) >= 11 is 3.42. The molecule has 2 N–H and O–H groups in total. The van der Waals surface area contributed by atoms with Gasteiger partial charge in [0.05, 0.1) is 6.26 Å². The molecule has 4 nitrogen and oxygen atoms in total. The first kappa shape index (κ1) is 14.6. The molecule has 1 atom stereocenters. The summed E-state index contributed by atoms with van der Waals surface area (Å²) in [6.45, 7) is 3.04. The molecule has 0 aliphatic carbocycles. The Morgan fingerprint density at radius 3 is 2.65 bits per heavy atom. The van der Waals surface area contributed by atoms with Gasteiger partial charge in [0.1, 0.15) is 0 Å². The Balaban J connectivity index is 2.38. The molecule has 6 heteroatoms. The van der Waals surface area contributed by atoms with Crippen LogP contribution in [0.1, 0.15) is 18.5 Å². The van der Waals surface area contributed by atoms with Crippen LogP contribution in [0.3, 0.4) is 0 Å². The van der Waals surface area contributed by atoms with Crippen LogP contribution >= 0.6 is 15.9 Å². The molecule has 0 aliphatic heterocycles. The Bertz CT molecular complexity index is 462. The largest absolute Gasteiger partial charge is 0.309 e. The molecule has 96 valence electrons. The SMILES string of the molecule is CC(NCCNS(C)(=O)=O)c1cccc(Br)c1. The number of benzene rings is 1. The van der Waals surface area contributed by atoms with Crippen LogP contribution in [-0.4, -0.2) is 27.8 Å². The molecule has 1 rings (SSSR count). The van der Waals surface area contributed by atoms with Gasteiger partial charge in [0, 0.05) is 23.6 Å². The third-order valence-corrected chi connectivity index (χ3v) is 3.51. The Labute approximate surface area is 111 Å². The van der Waals surface area contributed by atoms with Crippen molar-refractivity contribution in [3.63, 3.8) is 0 Å². The first-order valence-electron chi connectivity index (χ1n) is 5.32. The summed E-state index contributed by atoms with van der Waals surface area (Å²) in [7, 11) is -3.09. The predicted octanol–water partition coefficient (Wildman–Crippen LogP) is 1.65. The number of nitrogens with one attached hydrogen (secondary N) is 2. The fourth-order valence-electron chi connectivity index (χ4n) is 1.42. The summed E-state index contributed by atoms with van der Waals surface area (Å²) in [6, 6.07) is 8.22. The molecule has 0 amide bonds. The molecule has 0 bridgehead atoms. The highest BCUT2D eigenvalue weighted by molar-refractivity contribution is 9.10. The highest BCUT2D eigenvalue weighted by atomic mass is 79.9. The van der Waals surface area contributed by atoms with E-state index in [0.29, 0.717) is 13.1 Å². The topological polar surface area (TPSA) is 58.2 Å². The summed E-state index contributed by atoms with van der Waals surface area (Å²) in [4.78, 5) is 0. The van der Waals surface area contributed by atoms with Crippen LogP contribution in [0.15, 0.2) is 28.7 Å². The van der Waals surface area contributed by atoms with Crippen LogP contribution in [-0.2, 0) is 10.0 Å². The van der Waals surface area contributed by atoms with E-state index in [4.69, 9.17) is 0 Å². The molecule has 0 fully saturated rings. The molecule has 1 unspecified atom stereocenters. The van der Waals surface area contributed by atoms with Crippen molar-refractivity contribution in [3.8, 4) is 0 Å². The normalized spacial score (nSPS) is 13.6. The lowest BCUT2D eigenvalue weighted by molar-refractivity contribution is 0.556. The minimum Gasteiger partial charge on any atom is -0.309 e. The van der Waals surface area contributed by atoms with Crippen molar-refractivity contribution in [3.05, 3.63) is 34.3 Å². The lowest BCUT2D eigenvalue weighted by Gasteiger charge is -2.14. The van der Waals surface area contributed by atoms with Gasteiger partial charge in [0.2, 0.25) is 10.0 Å². The van der Waals surface area contributed by atoms with Crippen molar-refractivity contribution in [1.29, 1.82) is 0 Å². The van der Waals surface area contributed by atoms with Crippen molar-refractivity contribution in [1.82, 2.24) is 10.0 Å². The third-order valence-electron chi connectivity index (χ3n) is 2.29. The summed E-state index contributed by atoms with van der Waals surface area (Å²) < 4.78 is 25.2. The standard InChI is InChI=1S/C11H17BrN2O2S/c1-9(10-4-3-5-11(12)8-10)13-6-7-14-17(2,15)16/h3-5,8-9,13-14H,6-7H2,1-2H3. The van der Waals surface area contributed by atoms with E-state index in [-0.39, 0.29) is 6.04 Å². The van der Waals surface area contributed by atoms with Gasteiger partial charge in [-0.25, -0.2) is 13.1 Å². The minimum absolute atomic E-state index is 0.189. The van der Waals surface area contributed by atoms with Crippen molar-refractivity contribution in [2.75, 3.05) is 19.3 Å². The lowest BCUT2D eigenvalue weighted by Crippen LogP contribution is -2.32. The molecule has 0 saturated carbocycles. The Hall–Kier alpha value is -0.430. The van der Waals surface area contributed by atoms with Crippen molar-refractivity contribution < 1.29 is 8.42 Å². The number of halogens is 1. The molecule has 0 heterocycles. The number of sulfonamides is 1. The van der Waals surface area contributed by atoms with Crippen LogP contribution in [0.5, 0.6) is 0 Å². The summed E-state index contributed by atoms with van der Waals surface area (Å²) in [6.07, 6.45) is 1.16. The highest BCUT2D eigenvalue weighted by Gasteiger charge is 2.05. The summed E-state index contributed by atoms with van der Waals surface area (Å²) in [5, 5.41) is 3.25. The van der Waals surface area contributed by atoms with E-state index < -0.39 is 10.0 Å². The van der Waals surface area contributed by atoms with E-state index in [2.05, 4.69) is 26.0 Å².